The minimum absolute atomic E-state index is 0.161. The van der Waals surface area contributed by atoms with Crippen LogP contribution in [0.25, 0.3) is 0 Å². The molecule has 6 heteroatoms. The molecule has 0 saturated heterocycles. The molecule has 0 spiro atoms. The lowest BCUT2D eigenvalue weighted by atomic mass is 9.91. The molecule has 1 aliphatic rings. The maximum Gasteiger partial charge on any atom is 0.196 e. The Morgan fingerprint density at radius 2 is 1.89 bits per heavy atom. The highest BCUT2D eigenvalue weighted by molar-refractivity contribution is 7.98. The Bertz CT molecular complexity index is 778. The van der Waals surface area contributed by atoms with Crippen LogP contribution in [0.4, 0.5) is 5.69 Å². The third kappa shape index (κ3) is 5.91. The Morgan fingerprint density at radius 1 is 1.14 bits per heavy atom. The summed E-state index contributed by atoms with van der Waals surface area (Å²) in [5.41, 5.74) is 8.54. The molecule has 0 bridgehead atoms. The summed E-state index contributed by atoms with van der Waals surface area (Å²) in [5.74, 6) is 1.07. The van der Waals surface area contributed by atoms with Crippen LogP contribution in [0.5, 0.6) is 5.75 Å². The molecule has 0 aliphatic heterocycles. The van der Waals surface area contributed by atoms with Gasteiger partial charge in [-0.1, -0.05) is 37.1 Å². The smallest absolute Gasteiger partial charge is 0.196 e. The van der Waals surface area contributed by atoms with Crippen LogP contribution in [0.2, 0.25) is 0 Å². The molecule has 5 N–H and O–H groups in total. The second-order valence-electron chi connectivity index (χ2n) is 7.17. The van der Waals surface area contributed by atoms with Gasteiger partial charge < -0.3 is 21.5 Å². The van der Waals surface area contributed by atoms with Crippen LogP contribution in [0, 0.1) is 0 Å². The first kappa shape index (κ1) is 20.6. The van der Waals surface area contributed by atoms with E-state index >= 15 is 0 Å². The van der Waals surface area contributed by atoms with Crippen molar-refractivity contribution in [2.45, 2.75) is 49.1 Å². The summed E-state index contributed by atoms with van der Waals surface area (Å²) in [6.45, 7) is 0.656. The molecule has 1 saturated carbocycles. The van der Waals surface area contributed by atoms with Crippen LogP contribution < -0.4 is 16.4 Å². The van der Waals surface area contributed by atoms with Crippen molar-refractivity contribution in [3.8, 4) is 5.75 Å². The number of hydrogen-bond acceptors (Lipinski definition) is 4. The Balaban J connectivity index is 1.71. The fraction of sp³-hybridized carbons (Fsp3) is 0.409. The van der Waals surface area contributed by atoms with Gasteiger partial charge in [0.15, 0.2) is 5.96 Å². The zero-order valence-corrected chi connectivity index (χ0v) is 17.2. The van der Waals surface area contributed by atoms with Gasteiger partial charge in [0.2, 0.25) is 0 Å². The summed E-state index contributed by atoms with van der Waals surface area (Å²) in [7, 11) is 0. The zero-order chi connectivity index (χ0) is 19.8. The van der Waals surface area contributed by atoms with E-state index < -0.39 is 0 Å². The summed E-state index contributed by atoms with van der Waals surface area (Å²) in [4.78, 5) is 5.99. The predicted molar refractivity (Wildman–Crippen MR) is 119 cm³/mol. The molecular formula is C22H30N4OS. The number of nitrogens with two attached hydrogens (primary N) is 1. The number of hydrogen-bond donors (Lipinski definition) is 4. The van der Waals surface area contributed by atoms with Crippen molar-refractivity contribution in [2.75, 3.05) is 18.1 Å². The lowest BCUT2D eigenvalue weighted by Crippen LogP contribution is -2.51. The number of guanidine groups is 1. The lowest BCUT2D eigenvalue weighted by molar-refractivity contribution is 0.360. The molecule has 0 amide bonds. The number of nitrogens with one attached hydrogen (secondary N) is 2. The van der Waals surface area contributed by atoms with Crippen molar-refractivity contribution >= 4 is 23.4 Å². The Kier molecular flexibility index (Phi) is 7.62. The highest BCUT2D eigenvalue weighted by Crippen LogP contribution is 2.25. The SMILES string of the molecule is CSc1ccccc1NC(=NCCc1ccc(O)cc1)N[C@H]1CCCC[C@@H]1N. The highest BCUT2D eigenvalue weighted by atomic mass is 32.2. The molecule has 2 atom stereocenters. The summed E-state index contributed by atoms with van der Waals surface area (Å²) in [5, 5.41) is 16.5. The summed E-state index contributed by atoms with van der Waals surface area (Å²) in [6, 6.07) is 16.0. The first-order valence-electron chi connectivity index (χ1n) is 9.90. The van der Waals surface area contributed by atoms with E-state index in [0.29, 0.717) is 6.54 Å². The average molecular weight is 399 g/mol. The van der Waals surface area contributed by atoms with Crippen molar-refractivity contribution in [3.05, 3.63) is 54.1 Å². The van der Waals surface area contributed by atoms with Gasteiger partial charge in [-0.2, -0.15) is 0 Å². The molecule has 1 fully saturated rings. The molecule has 150 valence electrons. The molecule has 5 nitrogen and oxygen atoms in total. The van der Waals surface area contributed by atoms with Crippen LogP contribution in [0.3, 0.4) is 0 Å². The summed E-state index contributed by atoms with van der Waals surface area (Å²) >= 11 is 1.71. The van der Waals surface area contributed by atoms with Crippen LogP contribution in [0.15, 0.2) is 58.4 Å². The molecule has 2 aromatic carbocycles. The largest absolute Gasteiger partial charge is 0.508 e. The maximum atomic E-state index is 9.43. The number of rotatable bonds is 6. The fourth-order valence-electron chi connectivity index (χ4n) is 3.47. The normalized spacial score (nSPS) is 20.0. The topological polar surface area (TPSA) is 82.7 Å². The molecule has 1 aliphatic carbocycles. The van der Waals surface area contributed by atoms with E-state index in [1.54, 1.807) is 23.9 Å². The average Bonchev–Trinajstić information content (AvgIpc) is 2.71. The third-order valence-corrected chi connectivity index (χ3v) is 5.90. The van der Waals surface area contributed by atoms with Gasteiger partial charge in [-0.25, -0.2) is 0 Å². The predicted octanol–water partition coefficient (Wildman–Crippen LogP) is 3.98. The quantitative estimate of drug-likeness (QED) is 0.336. The second kappa shape index (κ2) is 10.4. The van der Waals surface area contributed by atoms with Gasteiger partial charge in [0, 0.05) is 23.5 Å². The van der Waals surface area contributed by atoms with Crippen molar-refractivity contribution in [2.24, 2.45) is 10.7 Å². The minimum Gasteiger partial charge on any atom is -0.508 e. The van der Waals surface area contributed by atoms with Crippen molar-refractivity contribution in [1.82, 2.24) is 5.32 Å². The fourth-order valence-corrected chi connectivity index (χ4v) is 4.02. The molecule has 0 heterocycles. The number of phenols is 1. The number of aliphatic imine (C=N–C) groups is 1. The number of thioether (sulfide) groups is 1. The van der Waals surface area contributed by atoms with Crippen molar-refractivity contribution < 1.29 is 5.11 Å². The van der Waals surface area contributed by atoms with Gasteiger partial charge in [-0.05, 0) is 55.3 Å². The van der Waals surface area contributed by atoms with Crippen molar-refractivity contribution in [1.29, 1.82) is 0 Å². The van der Waals surface area contributed by atoms with E-state index in [2.05, 4.69) is 29.0 Å². The van der Waals surface area contributed by atoms with Gasteiger partial charge >= 0.3 is 0 Å². The number of benzene rings is 2. The monoisotopic (exact) mass is 398 g/mol. The molecule has 0 radical (unpaired) electrons. The van der Waals surface area contributed by atoms with Gasteiger partial charge in [-0.15, -0.1) is 11.8 Å². The first-order chi connectivity index (χ1) is 13.7. The second-order valence-corrected chi connectivity index (χ2v) is 8.02. The van der Waals surface area contributed by atoms with Crippen LogP contribution in [-0.2, 0) is 6.42 Å². The standard InChI is InChI=1S/C22H30N4OS/c1-28-21-9-5-4-8-20(21)26-22(25-19-7-3-2-6-18(19)23)24-15-14-16-10-12-17(27)13-11-16/h4-5,8-13,18-19,27H,2-3,6-7,14-15,23H2,1H3,(H2,24,25,26)/t18-,19-/m0/s1. The van der Waals surface area contributed by atoms with Crippen LogP contribution in [-0.4, -0.2) is 36.0 Å². The van der Waals surface area contributed by atoms with E-state index in [9.17, 15) is 5.11 Å². The number of anilines is 1. The Morgan fingerprint density at radius 3 is 2.64 bits per heavy atom. The van der Waals surface area contributed by atoms with Crippen LogP contribution >= 0.6 is 11.8 Å². The number of para-hydroxylation sites is 1. The van der Waals surface area contributed by atoms with E-state index in [1.807, 2.05) is 24.3 Å². The molecular weight excluding hydrogens is 368 g/mol. The molecule has 0 aromatic heterocycles. The minimum atomic E-state index is 0.161. The zero-order valence-electron chi connectivity index (χ0n) is 16.4. The van der Waals surface area contributed by atoms with Gasteiger partial charge in [0.25, 0.3) is 0 Å². The number of nitrogens with zero attached hydrogens (tertiary/aromatic N) is 1. The van der Waals surface area contributed by atoms with E-state index in [4.69, 9.17) is 10.7 Å². The van der Waals surface area contributed by atoms with Crippen molar-refractivity contribution in [3.63, 3.8) is 0 Å². The third-order valence-electron chi connectivity index (χ3n) is 5.11. The number of aromatic hydroxyl groups is 1. The number of phenolic OH excluding ortho intramolecular Hbond substituents is 1. The van der Waals surface area contributed by atoms with Gasteiger partial charge in [0.1, 0.15) is 5.75 Å². The van der Waals surface area contributed by atoms with Crippen LogP contribution in [0.1, 0.15) is 31.2 Å². The van der Waals surface area contributed by atoms with E-state index in [-0.39, 0.29) is 17.8 Å². The molecule has 2 aromatic rings. The van der Waals surface area contributed by atoms with E-state index in [0.717, 1.165) is 36.5 Å². The molecule has 3 rings (SSSR count). The van der Waals surface area contributed by atoms with Gasteiger partial charge in [0.05, 0.1) is 5.69 Å². The maximum absolute atomic E-state index is 9.43. The molecule has 28 heavy (non-hydrogen) atoms. The first-order valence-corrected chi connectivity index (χ1v) is 11.1. The summed E-state index contributed by atoms with van der Waals surface area (Å²) in [6.07, 6.45) is 7.42. The summed E-state index contributed by atoms with van der Waals surface area (Å²) < 4.78 is 0. The Hall–Kier alpha value is -2.18. The van der Waals surface area contributed by atoms with E-state index in [1.165, 1.54) is 17.7 Å². The van der Waals surface area contributed by atoms with Gasteiger partial charge in [-0.3, -0.25) is 4.99 Å². The molecule has 0 unspecified atom stereocenters. The highest BCUT2D eigenvalue weighted by Gasteiger charge is 2.22. The lowest BCUT2D eigenvalue weighted by Gasteiger charge is -2.31. The Labute approximate surface area is 171 Å².